The highest BCUT2D eigenvalue weighted by Crippen LogP contribution is 2.19. The quantitative estimate of drug-likeness (QED) is 0.725. The first-order valence-corrected chi connectivity index (χ1v) is 6.41. The first-order valence-electron chi connectivity index (χ1n) is 6.41. The second-order valence-corrected chi connectivity index (χ2v) is 4.91. The zero-order valence-corrected chi connectivity index (χ0v) is 10.6. The van der Waals surface area contributed by atoms with E-state index in [1.165, 1.54) is 0 Å². The van der Waals surface area contributed by atoms with Gasteiger partial charge in [0.1, 0.15) is 0 Å². The number of aliphatic hydroxyl groups is 2. The molecule has 0 radical (unpaired) electrons. The fourth-order valence-electron chi connectivity index (χ4n) is 2.13. The van der Waals surface area contributed by atoms with Crippen LogP contribution in [0.15, 0.2) is 24.3 Å². The number of ether oxygens (including phenoxy) is 1. The summed E-state index contributed by atoms with van der Waals surface area (Å²) in [5.74, 6) is 0. The van der Waals surface area contributed by atoms with Crippen LogP contribution in [-0.4, -0.2) is 35.6 Å². The van der Waals surface area contributed by atoms with E-state index >= 15 is 0 Å². The van der Waals surface area contributed by atoms with E-state index in [9.17, 15) is 5.11 Å². The van der Waals surface area contributed by atoms with E-state index in [0.29, 0.717) is 32.6 Å². The molecule has 0 unspecified atom stereocenters. The molecule has 4 heteroatoms. The van der Waals surface area contributed by atoms with E-state index in [-0.39, 0.29) is 6.61 Å². The fourth-order valence-corrected chi connectivity index (χ4v) is 2.13. The third kappa shape index (κ3) is 3.78. The van der Waals surface area contributed by atoms with Crippen molar-refractivity contribution in [3.63, 3.8) is 0 Å². The van der Waals surface area contributed by atoms with Gasteiger partial charge >= 0.3 is 0 Å². The van der Waals surface area contributed by atoms with Gasteiger partial charge in [0.25, 0.3) is 0 Å². The molecule has 1 aliphatic heterocycles. The lowest BCUT2D eigenvalue weighted by Crippen LogP contribution is -2.44. The van der Waals surface area contributed by atoms with E-state index in [2.05, 4.69) is 5.32 Å². The Hall–Kier alpha value is -0.940. The minimum Gasteiger partial charge on any atom is -0.392 e. The van der Waals surface area contributed by atoms with E-state index in [4.69, 9.17) is 9.84 Å². The lowest BCUT2D eigenvalue weighted by molar-refractivity contribution is -0.0617. The SMILES string of the molecule is OCc1ccc(CNCC2(O)CCOCC2)cc1. The van der Waals surface area contributed by atoms with Gasteiger partial charge in [-0.25, -0.2) is 0 Å². The third-order valence-corrected chi connectivity index (χ3v) is 3.41. The third-order valence-electron chi connectivity index (χ3n) is 3.41. The molecule has 0 spiro atoms. The molecule has 2 rings (SSSR count). The number of aliphatic hydroxyl groups excluding tert-OH is 1. The van der Waals surface area contributed by atoms with Crippen LogP contribution in [0.2, 0.25) is 0 Å². The Kier molecular flexibility index (Phi) is 4.72. The summed E-state index contributed by atoms with van der Waals surface area (Å²) in [5, 5.41) is 22.5. The molecule has 1 fully saturated rings. The summed E-state index contributed by atoms with van der Waals surface area (Å²) in [7, 11) is 0. The zero-order valence-electron chi connectivity index (χ0n) is 10.6. The smallest absolute Gasteiger partial charge is 0.0815 e. The standard InChI is InChI=1S/C14H21NO3/c16-10-13-3-1-12(2-4-13)9-15-11-14(17)5-7-18-8-6-14/h1-4,15-17H,5-11H2. The van der Waals surface area contributed by atoms with E-state index in [1.807, 2.05) is 24.3 Å². The molecular formula is C14H21NO3. The first-order chi connectivity index (χ1) is 8.72. The highest BCUT2D eigenvalue weighted by atomic mass is 16.5. The number of hydrogen-bond donors (Lipinski definition) is 3. The van der Waals surface area contributed by atoms with Gasteiger partial charge in [-0.1, -0.05) is 24.3 Å². The Morgan fingerprint density at radius 1 is 1.11 bits per heavy atom. The van der Waals surface area contributed by atoms with Gasteiger partial charge in [0.2, 0.25) is 0 Å². The fraction of sp³-hybridized carbons (Fsp3) is 0.571. The van der Waals surface area contributed by atoms with Gasteiger partial charge in [0.05, 0.1) is 12.2 Å². The van der Waals surface area contributed by atoms with Crippen molar-refractivity contribution in [2.45, 2.75) is 31.6 Å². The molecule has 0 saturated carbocycles. The average Bonchev–Trinajstić information content (AvgIpc) is 2.40. The molecular weight excluding hydrogens is 230 g/mol. The average molecular weight is 251 g/mol. The Balaban J connectivity index is 1.77. The predicted octanol–water partition coefficient (Wildman–Crippen LogP) is 0.810. The van der Waals surface area contributed by atoms with Crippen LogP contribution in [0.1, 0.15) is 24.0 Å². The van der Waals surface area contributed by atoms with Gasteiger partial charge in [-0.05, 0) is 11.1 Å². The summed E-state index contributed by atoms with van der Waals surface area (Å²) >= 11 is 0. The van der Waals surface area contributed by atoms with Crippen molar-refractivity contribution in [2.24, 2.45) is 0 Å². The Bertz CT molecular complexity index is 358. The highest BCUT2D eigenvalue weighted by molar-refractivity contribution is 5.21. The van der Waals surface area contributed by atoms with Gasteiger partial charge in [0.15, 0.2) is 0 Å². The predicted molar refractivity (Wildman–Crippen MR) is 69.1 cm³/mol. The molecule has 1 aliphatic rings. The number of hydrogen-bond acceptors (Lipinski definition) is 4. The maximum Gasteiger partial charge on any atom is 0.0815 e. The summed E-state index contributed by atoms with van der Waals surface area (Å²) in [5.41, 5.74) is 1.45. The van der Waals surface area contributed by atoms with Gasteiger partial charge in [0, 0.05) is 39.1 Å². The van der Waals surface area contributed by atoms with Crippen LogP contribution in [0.3, 0.4) is 0 Å². The minimum atomic E-state index is -0.622. The van der Waals surface area contributed by atoms with E-state index < -0.39 is 5.60 Å². The summed E-state index contributed by atoms with van der Waals surface area (Å²) in [6, 6.07) is 7.82. The van der Waals surface area contributed by atoms with Crippen LogP contribution >= 0.6 is 0 Å². The Labute approximate surface area is 108 Å². The van der Waals surface area contributed by atoms with Crippen molar-refractivity contribution in [3.05, 3.63) is 35.4 Å². The van der Waals surface area contributed by atoms with Crippen molar-refractivity contribution in [1.82, 2.24) is 5.32 Å². The molecule has 4 nitrogen and oxygen atoms in total. The van der Waals surface area contributed by atoms with Gasteiger partial charge in [-0.15, -0.1) is 0 Å². The summed E-state index contributed by atoms with van der Waals surface area (Å²) in [6.45, 7) is 2.69. The molecule has 1 heterocycles. The van der Waals surface area contributed by atoms with Crippen molar-refractivity contribution in [1.29, 1.82) is 0 Å². The molecule has 100 valence electrons. The molecule has 0 aliphatic carbocycles. The Morgan fingerprint density at radius 2 is 1.72 bits per heavy atom. The van der Waals surface area contributed by atoms with Crippen LogP contribution in [0.25, 0.3) is 0 Å². The zero-order chi connectivity index (χ0) is 12.8. The van der Waals surface area contributed by atoms with Gasteiger partial charge < -0.3 is 20.3 Å². The van der Waals surface area contributed by atoms with Crippen LogP contribution in [0.5, 0.6) is 0 Å². The second kappa shape index (κ2) is 6.29. The second-order valence-electron chi connectivity index (χ2n) is 4.91. The normalized spacial score (nSPS) is 18.8. The summed E-state index contributed by atoms with van der Waals surface area (Å²) in [4.78, 5) is 0. The van der Waals surface area contributed by atoms with Crippen LogP contribution in [0.4, 0.5) is 0 Å². The highest BCUT2D eigenvalue weighted by Gasteiger charge is 2.28. The number of rotatable bonds is 5. The molecule has 0 amide bonds. The van der Waals surface area contributed by atoms with Crippen molar-refractivity contribution in [2.75, 3.05) is 19.8 Å². The molecule has 1 aromatic rings. The molecule has 1 saturated heterocycles. The van der Waals surface area contributed by atoms with Crippen molar-refractivity contribution >= 4 is 0 Å². The summed E-state index contributed by atoms with van der Waals surface area (Å²) in [6.07, 6.45) is 1.40. The maximum atomic E-state index is 10.3. The molecule has 0 bridgehead atoms. The van der Waals surface area contributed by atoms with Crippen molar-refractivity contribution < 1.29 is 14.9 Å². The van der Waals surface area contributed by atoms with Gasteiger partial charge in [-0.2, -0.15) is 0 Å². The summed E-state index contributed by atoms with van der Waals surface area (Å²) < 4.78 is 5.24. The van der Waals surface area contributed by atoms with Crippen LogP contribution in [0, 0.1) is 0 Å². The molecule has 0 aromatic heterocycles. The van der Waals surface area contributed by atoms with Crippen LogP contribution in [-0.2, 0) is 17.9 Å². The molecule has 3 N–H and O–H groups in total. The van der Waals surface area contributed by atoms with Crippen molar-refractivity contribution in [3.8, 4) is 0 Å². The molecule has 0 atom stereocenters. The maximum absolute atomic E-state index is 10.3. The molecule has 1 aromatic carbocycles. The van der Waals surface area contributed by atoms with E-state index in [0.717, 1.165) is 17.7 Å². The monoisotopic (exact) mass is 251 g/mol. The van der Waals surface area contributed by atoms with E-state index in [1.54, 1.807) is 0 Å². The van der Waals surface area contributed by atoms with Crippen LogP contribution < -0.4 is 5.32 Å². The lowest BCUT2D eigenvalue weighted by Gasteiger charge is -2.32. The minimum absolute atomic E-state index is 0.0768. The number of benzene rings is 1. The lowest BCUT2D eigenvalue weighted by atomic mass is 9.94. The van der Waals surface area contributed by atoms with Gasteiger partial charge in [-0.3, -0.25) is 0 Å². The number of nitrogens with one attached hydrogen (secondary N) is 1. The first kappa shape index (κ1) is 13.5. The molecule has 18 heavy (non-hydrogen) atoms. The topological polar surface area (TPSA) is 61.7 Å². The largest absolute Gasteiger partial charge is 0.392 e. The Morgan fingerprint density at radius 3 is 2.33 bits per heavy atom.